The Bertz CT molecular complexity index is 474. The Kier molecular flexibility index (Phi) is 11.0. The van der Waals surface area contributed by atoms with Gasteiger partial charge in [-0.1, -0.05) is 47.5 Å². The zero-order chi connectivity index (χ0) is 17.0. The molecule has 0 aliphatic carbocycles. The number of amides is 3. The molecule has 0 radical (unpaired) electrons. The van der Waals surface area contributed by atoms with Crippen LogP contribution in [0.2, 0.25) is 0 Å². The van der Waals surface area contributed by atoms with E-state index in [0.29, 0.717) is 18.9 Å². The van der Waals surface area contributed by atoms with Crippen molar-refractivity contribution in [1.29, 1.82) is 0 Å². The van der Waals surface area contributed by atoms with Crippen LogP contribution in [-0.2, 0) is 16.1 Å². The number of alkyl halides is 1. The van der Waals surface area contributed by atoms with Gasteiger partial charge in [0.25, 0.3) is 5.91 Å². The number of hydrogen-bond acceptors (Lipinski definition) is 3. The second kappa shape index (κ2) is 11.9. The summed E-state index contributed by atoms with van der Waals surface area (Å²) >= 11 is 2.94. The summed E-state index contributed by atoms with van der Waals surface area (Å²) in [6, 6.07) is 8.27. The number of imide groups is 1. The highest BCUT2D eigenvalue weighted by molar-refractivity contribution is 9.08. The lowest BCUT2D eigenvalue weighted by atomic mass is 10.1. The van der Waals surface area contributed by atoms with E-state index in [4.69, 9.17) is 9.59 Å². The number of hydrogen-bond donors (Lipinski definition) is 1. The molecule has 1 unspecified atom stereocenters. The van der Waals surface area contributed by atoms with E-state index in [-0.39, 0.29) is 5.91 Å². The molecule has 0 bridgehead atoms. The van der Waals surface area contributed by atoms with Crippen molar-refractivity contribution in [2.75, 3.05) is 5.83 Å². The van der Waals surface area contributed by atoms with Crippen molar-refractivity contribution < 1.29 is 14.4 Å². The molecule has 0 saturated carbocycles. The summed E-state index contributed by atoms with van der Waals surface area (Å²) in [5.74, 6) is 2.01. The van der Waals surface area contributed by atoms with Crippen LogP contribution in [0, 0.1) is 0 Å². The standard InChI is InChI=1S/C13H17NO.C2H3NO2.CH3Br/c1-3-6-10(2)14-9-11-7-4-5-8-12(11)13(14)15;4-1-3-2-5;1-2/h4-5,7-8,10H,3,6,9H2,1-2H3;1-2H,(H,3,4,5);1H3. The third-order valence-electron chi connectivity index (χ3n) is 3.22. The molecule has 0 fully saturated rings. The number of nitrogens with zero attached hydrogens (tertiary/aromatic N) is 1. The molecule has 1 N–H and O–H groups in total. The molecule has 1 aliphatic rings. The average molecular weight is 371 g/mol. The Morgan fingerprint density at radius 2 is 1.86 bits per heavy atom. The SMILES string of the molecule is CBr.CCCC(C)N1Cc2ccccc2C1=O.O=CNC=O. The maximum Gasteiger partial charge on any atom is 0.254 e. The molecule has 1 heterocycles. The van der Waals surface area contributed by atoms with Crippen LogP contribution >= 0.6 is 15.9 Å². The zero-order valence-corrected chi connectivity index (χ0v) is 14.8. The number of rotatable bonds is 5. The molecule has 1 aromatic carbocycles. The van der Waals surface area contributed by atoms with Crippen LogP contribution in [0.25, 0.3) is 0 Å². The summed E-state index contributed by atoms with van der Waals surface area (Å²) in [6.07, 6.45) is 2.83. The van der Waals surface area contributed by atoms with E-state index in [1.807, 2.05) is 35.0 Å². The number of nitrogens with one attached hydrogen (secondary N) is 1. The van der Waals surface area contributed by atoms with Crippen molar-refractivity contribution in [3.05, 3.63) is 35.4 Å². The van der Waals surface area contributed by atoms with Crippen molar-refractivity contribution in [2.24, 2.45) is 0 Å². The van der Waals surface area contributed by atoms with Gasteiger partial charge in [0, 0.05) is 18.2 Å². The van der Waals surface area contributed by atoms with Gasteiger partial charge in [-0.15, -0.1) is 0 Å². The van der Waals surface area contributed by atoms with Gasteiger partial charge in [-0.2, -0.15) is 0 Å². The highest BCUT2D eigenvalue weighted by Gasteiger charge is 2.29. The number of carbonyl (C=O) groups excluding carboxylic acids is 3. The molecule has 1 aliphatic heterocycles. The van der Waals surface area contributed by atoms with Gasteiger partial charge in [0.15, 0.2) is 0 Å². The first-order valence-corrected chi connectivity index (χ1v) is 8.64. The van der Waals surface area contributed by atoms with Gasteiger partial charge in [-0.3, -0.25) is 14.4 Å². The molecule has 0 saturated heterocycles. The Labute approximate surface area is 140 Å². The highest BCUT2D eigenvalue weighted by Crippen LogP contribution is 2.25. The van der Waals surface area contributed by atoms with E-state index in [9.17, 15) is 4.79 Å². The van der Waals surface area contributed by atoms with E-state index in [1.165, 1.54) is 5.56 Å². The lowest BCUT2D eigenvalue weighted by Crippen LogP contribution is -2.33. The monoisotopic (exact) mass is 370 g/mol. The van der Waals surface area contributed by atoms with Crippen LogP contribution < -0.4 is 5.32 Å². The summed E-state index contributed by atoms with van der Waals surface area (Å²) in [4.78, 5) is 32.1. The number of carbonyl (C=O) groups is 3. The molecule has 2 rings (SSSR count). The van der Waals surface area contributed by atoms with E-state index in [2.05, 4.69) is 29.8 Å². The minimum Gasteiger partial charge on any atom is -0.332 e. The molecule has 3 amide bonds. The molecule has 5 nitrogen and oxygen atoms in total. The van der Waals surface area contributed by atoms with E-state index in [0.717, 1.165) is 24.9 Å². The van der Waals surface area contributed by atoms with Gasteiger partial charge in [0.1, 0.15) is 0 Å². The summed E-state index contributed by atoms with van der Waals surface area (Å²) in [5, 5.41) is 1.75. The van der Waals surface area contributed by atoms with Crippen LogP contribution in [0.3, 0.4) is 0 Å². The van der Waals surface area contributed by atoms with Crippen molar-refractivity contribution in [1.82, 2.24) is 10.2 Å². The normalized spacial score (nSPS) is 12.9. The fraction of sp³-hybridized carbons (Fsp3) is 0.438. The second-order valence-electron chi connectivity index (χ2n) is 4.63. The lowest BCUT2D eigenvalue weighted by molar-refractivity contribution is -0.117. The second-order valence-corrected chi connectivity index (χ2v) is 4.63. The summed E-state index contributed by atoms with van der Waals surface area (Å²) < 4.78 is 0. The zero-order valence-electron chi connectivity index (χ0n) is 13.2. The highest BCUT2D eigenvalue weighted by atomic mass is 79.9. The van der Waals surface area contributed by atoms with Crippen molar-refractivity contribution >= 4 is 34.7 Å². The third-order valence-corrected chi connectivity index (χ3v) is 3.22. The minimum absolute atomic E-state index is 0.201. The fourth-order valence-corrected chi connectivity index (χ4v) is 2.23. The Balaban J connectivity index is 0.000000540. The van der Waals surface area contributed by atoms with Gasteiger partial charge in [-0.05, 0) is 30.8 Å². The maximum absolute atomic E-state index is 12.0. The maximum atomic E-state index is 12.0. The van der Waals surface area contributed by atoms with Crippen LogP contribution in [0.15, 0.2) is 24.3 Å². The average Bonchev–Trinajstić information content (AvgIpc) is 2.89. The minimum atomic E-state index is 0.201. The Morgan fingerprint density at radius 1 is 1.27 bits per heavy atom. The molecular formula is C16H23BrN2O3. The first-order valence-electron chi connectivity index (χ1n) is 7.05. The summed E-state index contributed by atoms with van der Waals surface area (Å²) in [7, 11) is 0. The van der Waals surface area contributed by atoms with Gasteiger partial charge in [0.05, 0.1) is 0 Å². The van der Waals surface area contributed by atoms with Gasteiger partial charge >= 0.3 is 0 Å². The van der Waals surface area contributed by atoms with Crippen molar-refractivity contribution in [3.8, 4) is 0 Å². The quantitative estimate of drug-likeness (QED) is 0.639. The van der Waals surface area contributed by atoms with Crippen molar-refractivity contribution in [2.45, 2.75) is 39.3 Å². The molecule has 0 spiro atoms. The van der Waals surface area contributed by atoms with Crippen LogP contribution in [0.5, 0.6) is 0 Å². The molecule has 22 heavy (non-hydrogen) atoms. The van der Waals surface area contributed by atoms with Gasteiger partial charge < -0.3 is 10.2 Å². The van der Waals surface area contributed by atoms with E-state index >= 15 is 0 Å². The first kappa shape index (κ1) is 20.3. The predicted molar refractivity (Wildman–Crippen MR) is 90.8 cm³/mol. The van der Waals surface area contributed by atoms with Crippen LogP contribution in [0.4, 0.5) is 0 Å². The fourth-order valence-electron chi connectivity index (χ4n) is 2.23. The van der Waals surface area contributed by atoms with Crippen LogP contribution in [0.1, 0.15) is 42.6 Å². The van der Waals surface area contributed by atoms with E-state index in [1.54, 1.807) is 5.32 Å². The molecule has 0 aromatic heterocycles. The summed E-state index contributed by atoms with van der Waals surface area (Å²) in [6.45, 7) is 5.08. The number of benzene rings is 1. The smallest absolute Gasteiger partial charge is 0.254 e. The van der Waals surface area contributed by atoms with E-state index < -0.39 is 0 Å². The van der Waals surface area contributed by atoms with Crippen LogP contribution in [-0.4, -0.2) is 35.5 Å². The third kappa shape index (κ3) is 5.97. The molecule has 1 atom stereocenters. The topological polar surface area (TPSA) is 66.5 Å². The van der Waals surface area contributed by atoms with Crippen molar-refractivity contribution in [3.63, 3.8) is 0 Å². The summed E-state index contributed by atoms with van der Waals surface area (Å²) in [5.41, 5.74) is 2.06. The Hall–Kier alpha value is -1.69. The lowest BCUT2D eigenvalue weighted by Gasteiger charge is -2.23. The number of halogens is 1. The largest absolute Gasteiger partial charge is 0.332 e. The molecule has 122 valence electrons. The molecule has 1 aromatic rings. The molecule has 6 heteroatoms. The van der Waals surface area contributed by atoms with Gasteiger partial charge in [-0.25, -0.2) is 0 Å². The Morgan fingerprint density at radius 3 is 2.32 bits per heavy atom. The number of fused-ring (bicyclic) bond motifs is 1. The predicted octanol–water partition coefficient (Wildman–Crippen LogP) is 2.73. The van der Waals surface area contributed by atoms with Gasteiger partial charge in [0.2, 0.25) is 12.8 Å². The molecular weight excluding hydrogens is 348 g/mol. The first-order chi connectivity index (χ1) is 10.7.